The number of benzene rings is 1. The highest BCUT2D eigenvalue weighted by molar-refractivity contribution is 5.90. The monoisotopic (exact) mass is 275 g/mol. The minimum absolute atomic E-state index is 0.0924. The minimum Gasteiger partial charge on any atom is -0.326 e. The van der Waals surface area contributed by atoms with Crippen LogP contribution in [-0.2, 0) is 11.3 Å². The molecule has 20 heavy (non-hydrogen) atoms. The van der Waals surface area contributed by atoms with Crippen molar-refractivity contribution >= 4 is 11.6 Å². The predicted octanol–water partition coefficient (Wildman–Crippen LogP) is 2.35. The van der Waals surface area contributed by atoms with Gasteiger partial charge in [0.2, 0.25) is 5.91 Å². The fourth-order valence-corrected chi connectivity index (χ4v) is 2.57. The Balaban J connectivity index is 1.73. The van der Waals surface area contributed by atoms with Crippen LogP contribution in [0.2, 0.25) is 0 Å². The molecule has 1 aromatic rings. The van der Waals surface area contributed by atoms with Crippen LogP contribution in [0.25, 0.3) is 0 Å². The Morgan fingerprint density at radius 3 is 2.35 bits per heavy atom. The smallest absolute Gasteiger partial charge is 0.225 e. The van der Waals surface area contributed by atoms with Crippen molar-refractivity contribution in [2.24, 2.45) is 5.73 Å². The molecule has 1 aliphatic heterocycles. The average Bonchev–Trinajstić information content (AvgIpc) is 2.74. The van der Waals surface area contributed by atoms with E-state index in [9.17, 15) is 4.79 Å². The van der Waals surface area contributed by atoms with Crippen molar-refractivity contribution in [2.75, 3.05) is 25.0 Å². The highest BCUT2D eigenvalue weighted by atomic mass is 16.1. The summed E-state index contributed by atoms with van der Waals surface area (Å²) < 4.78 is 0. The molecule has 0 atom stereocenters. The van der Waals surface area contributed by atoms with Crippen LogP contribution in [-0.4, -0.2) is 30.4 Å². The zero-order chi connectivity index (χ0) is 14.2. The van der Waals surface area contributed by atoms with Crippen LogP contribution in [0.3, 0.4) is 0 Å². The Morgan fingerprint density at radius 1 is 1.10 bits per heavy atom. The van der Waals surface area contributed by atoms with E-state index in [-0.39, 0.29) is 5.91 Å². The number of anilines is 1. The Bertz CT molecular complexity index is 408. The maximum Gasteiger partial charge on any atom is 0.225 e. The van der Waals surface area contributed by atoms with Crippen molar-refractivity contribution in [1.29, 1.82) is 0 Å². The number of rotatable bonds is 5. The molecule has 110 valence electrons. The topological polar surface area (TPSA) is 58.4 Å². The molecule has 0 aliphatic carbocycles. The standard InChI is InChI=1S/C16H25N3O/c17-13-14-5-7-15(8-6-14)18-16(20)9-12-19-10-3-1-2-4-11-19/h5-8H,1-4,9-13,17H2,(H,18,20). The number of likely N-dealkylation sites (tertiary alicyclic amines) is 1. The quantitative estimate of drug-likeness (QED) is 0.867. The molecule has 1 saturated heterocycles. The molecule has 2 rings (SSSR count). The van der Waals surface area contributed by atoms with E-state index < -0.39 is 0 Å². The molecule has 1 amide bonds. The highest BCUT2D eigenvalue weighted by Gasteiger charge is 2.10. The Labute approximate surface area is 121 Å². The molecule has 3 N–H and O–H groups in total. The second-order valence-corrected chi connectivity index (χ2v) is 5.46. The maximum atomic E-state index is 11.9. The Morgan fingerprint density at radius 2 is 1.75 bits per heavy atom. The number of hydrogen-bond donors (Lipinski definition) is 2. The van der Waals surface area contributed by atoms with Gasteiger partial charge in [-0.25, -0.2) is 0 Å². The van der Waals surface area contributed by atoms with Gasteiger partial charge in [-0.1, -0.05) is 25.0 Å². The van der Waals surface area contributed by atoms with E-state index in [2.05, 4.69) is 10.2 Å². The number of hydrogen-bond acceptors (Lipinski definition) is 3. The Hall–Kier alpha value is -1.39. The largest absolute Gasteiger partial charge is 0.326 e. The fraction of sp³-hybridized carbons (Fsp3) is 0.562. The fourth-order valence-electron chi connectivity index (χ4n) is 2.57. The van der Waals surface area contributed by atoms with Crippen molar-refractivity contribution in [3.63, 3.8) is 0 Å². The van der Waals surface area contributed by atoms with Gasteiger partial charge < -0.3 is 16.0 Å². The number of nitrogens with zero attached hydrogens (tertiary/aromatic N) is 1. The van der Waals surface area contributed by atoms with Crippen molar-refractivity contribution in [1.82, 2.24) is 4.90 Å². The highest BCUT2D eigenvalue weighted by Crippen LogP contribution is 2.11. The van der Waals surface area contributed by atoms with Crippen LogP contribution in [0.15, 0.2) is 24.3 Å². The lowest BCUT2D eigenvalue weighted by Gasteiger charge is -2.19. The first kappa shape index (κ1) is 15.0. The lowest BCUT2D eigenvalue weighted by atomic mass is 10.2. The van der Waals surface area contributed by atoms with Gasteiger partial charge in [-0.05, 0) is 43.6 Å². The number of nitrogens with one attached hydrogen (secondary N) is 1. The number of carbonyl (C=O) groups excluding carboxylic acids is 1. The van der Waals surface area contributed by atoms with Crippen LogP contribution < -0.4 is 11.1 Å². The lowest BCUT2D eigenvalue weighted by Crippen LogP contribution is -2.28. The maximum absolute atomic E-state index is 11.9. The number of amides is 1. The summed E-state index contributed by atoms with van der Waals surface area (Å²) in [7, 11) is 0. The van der Waals surface area contributed by atoms with Crippen molar-refractivity contribution in [2.45, 2.75) is 38.6 Å². The third-order valence-electron chi connectivity index (χ3n) is 3.83. The molecule has 0 spiro atoms. The van der Waals surface area contributed by atoms with Crippen LogP contribution in [0.1, 0.15) is 37.7 Å². The molecular weight excluding hydrogens is 250 g/mol. The summed E-state index contributed by atoms with van der Waals surface area (Å²) in [5.74, 6) is 0.0924. The predicted molar refractivity (Wildman–Crippen MR) is 82.5 cm³/mol. The van der Waals surface area contributed by atoms with Crippen LogP contribution in [0.4, 0.5) is 5.69 Å². The van der Waals surface area contributed by atoms with Crippen LogP contribution in [0, 0.1) is 0 Å². The summed E-state index contributed by atoms with van der Waals surface area (Å²) in [6.45, 7) is 3.67. The van der Waals surface area contributed by atoms with Gasteiger partial charge in [0.15, 0.2) is 0 Å². The SMILES string of the molecule is NCc1ccc(NC(=O)CCN2CCCCCC2)cc1. The van der Waals surface area contributed by atoms with Gasteiger partial charge in [0, 0.05) is 25.2 Å². The van der Waals surface area contributed by atoms with Crippen molar-refractivity contribution < 1.29 is 4.79 Å². The van der Waals surface area contributed by atoms with E-state index in [0.29, 0.717) is 13.0 Å². The van der Waals surface area contributed by atoms with E-state index in [1.165, 1.54) is 25.7 Å². The van der Waals surface area contributed by atoms with E-state index in [0.717, 1.165) is 30.9 Å². The molecular formula is C16H25N3O. The molecule has 1 heterocycles. The van der Waals surface area contributed by atoms with E-state index >= 15 is 0 Å². The van der Waals surface area contributed by atoms with E-state index in [1.807, 2.05) is 24.3 Å². The van der Waals surface area contributed by atoms with Crippen molar-refractivity contribution in [3.8, 4) is 0 Å². The van der Waals surface area contributed by atoms with Gasteiger partial charge in [-0.15, -0.1) is 0 Å². The first-order chi connectivity index (χ1) is 9.78. The number of carbonyl (C=O) groups is 1. The summed E-state index contributed by atoms with van der Waals surface area (Å²) in [6, 6.07) is 7.72. The molecule has 4 heteroatoms. The number of nitrogens with two attached hydrogens (primary N) is 1. The summed E-state index contributed by atoms with van der Waals surface area (Å²) in [5.41, 5.74) is 7.48. The molecule has 0 radical (unpaired) electrons. The van der Waals surface area contributed by atoms with E-state index in [4.69, 9.17) is 5.73 Å². The first-order valence-electron chi connectivity index (χ1n) is 7.59. The van der Waals surface area contributed by atoms with Gasteiger partial charge in [-0.2, -0.15) is 0 Å². The summed E-state index contributed by atoms with van der Waals surface area (Å²) in [6.07, 6.45) is 5.76. The van der Waals surface area contributed by atoms with Gasteiger partial charge >= 0.3 is 0 Å². The molecule has 1 aromatic carbocycles. The molecule has 0 unspecified atom stereocenters. The van der Waals surface area contributed by atoms with Gasteiger partial charge in [0.1, 0.15) is 0 Å². The summed E-state index contributed by atoms with van der Waals surface area (Å²) in [4.78, 5) is 14.3. The molecule has 0 saturated carbocycles. The van der Waals surface area contributed by atoms with E-state index in [1.54, 1.807) is 0 Å². The van der Waals surface area contributed by atoms with Gasteiger partial charge in [-0.3, -0.25) is 4.79 Å². The molecule has 1 aliphatic rings. The second-order valence-electron chi connectivity index (χ2n) is 5.46. The van der Waals surface area contributed by atoms with Gasteiger partial charge in [0.25, 0.3) is 0 Å². The third-order valence-corrected chi connectivity index (χ3v) is 3.83. The summed E-state index contributed by atoms with van der Waals surface area (Å²) >= 11 is 0. The zero-order valence-electron chi connectivity index (χ0n) is 12.1. The van der Waals surface area contributed by atoms with Crippen LogP contribution in [0.5, 0.6) is 0 Å². The molecule has 0 bridgehead atoms. The summed E-state index contributed by atoms with van der Waals surface area (Å²) in [5, 5.41) is 2.94. The normalized spacial score (nSPS) is 16.6. The molecule has 0 aromatic heterocycles. The Kier molecular flexibility index (Phi) is 6.02. The third kappa shape index (κ3) is 4.94. The lowest BCUT2D eigenvalue weighted by molar-refractivity contribution is -0.116. The first-order valence-corrected chi connectivity index (χ1v) is 7.59. The second kappa shape index (κ2) is 8.02. The molecule has 1 fully saturated rings. The molecule has 4 nitrogen and oxygen atoms in total. The van der Waals surface area contributed by atoms with Gasteiger partial charge in [0.05, 0.1) is 0 Å². The minimum atomic E-state index is 0.0924. The zero-order valence-corrected chi connectivity index (χ0v) is 12.1. The van der Waals surface area contributed by atoms with Crippen LogP contribution >= 0.6 is 0 Å². The average molecular weight is 275 g/mol. The van der Waals surface area contributed by atoms with Crippen molar-refractivity contribution in [3.05, 3.63) is 29.8 Å².